The van der Waals surface area contributed by atoms with Crippen molar-refractivity contribution in [1.29, 1.82) is 0 Å². The van der Waals surface area contributed by atoms with E-state index in [2.05, 4.69) is 15.6 Å². The largest absolute Gasteiger partial charge is 0.465 e. The Morgan fingerprint density at radius 3 is 2.22 bits per heavy atom. The molecule has 4 amide bonds. The maximum atomic E-state index is 14.1. The molecule has 13 nitrogen and oxygen atoms in total. The van der Waals surface area contributed by atoms with Crippen LogP contribution in [0.3, 0.4) is 0 Å². The minimum absolute atomic E-state index is 0.00557. The number of carbonyl (C=O) groups excluding carboxylic acids is 3. The number of piperazine rings is 1. The van der Waals surface area contributed by atoms with Crippen LogP contribution in [0.15, 0.2) is 36.5 Å². The summed E-state index contributed by atoms with van der Waals surface area (Å²) in [4.78, 5) is 63.0. The number of aliphatic hydroxyl groups is 1. The van der Waals surface area contributed by atoms with Gasteiger partial charge in [0.15, 0.2) is 0 Å². The van der Waals surface area contributed by atoms with Crippen LogP contribution in [0.2, 0.25) is 0 Å². The SMILES string of the molecule is CC(C)c1ncc(CN(C(=O)O)[C@H](C(=O)N[C@@H](Cc2ccccc2)[C@@H](O)CN2CCN(C(=O)OC(C)(C)C)C[C@H]2C(=O)NC(C)(C)C)C(C)C)s1. The van der Waals surface area contributed by atoms with Crippen LogP contribution in [0.4, 0.5) is 9.59 Å². The first-order valence-corrected chi connectivity index (χ1v) is 18.5. The van der Waals surface area contributed by atoms with Gasteiger partial charge in [0, 0.05) is 48.7 Å². The summed E-state index contributed by atoms with van der Waals surface area (Å²) in [6, 6.07) is 6.71. The van der Waals surface area contributed by atoms with Crippen LogP contribution in [-0.2, 0) is 27.3 Å². The molecule has 14 heteroatoms. The Balaban J connectivity index is 1.89. The van der Waals surface area contributed by atoms with Gasteiger partial charge in [0.25, 0.3) is 0 Å². The van der Waals surface area contributed by atoms with Crippen LogP contribution in [0.1, 0.15) is 90.6 Å². The summed E-state index contributed by atoms with van der Waals surface area (Å²) in [7, 11) is 0. The van der Waals surface area contributed by atoms with Crippen LogP contribution >= 0.6 is 11.3 Å². The van der Waals surface area contributed by atoms with Crippen LogP contribution in [-0.4, -0.2) is 115 Å². The molecule has 1 aliphatic rings. The zero-order chi connectivity index (χ0) is 38.3. The molecule has 1 aliphatic heterocycles. The molecule has 0 bridgehead atoms. The summed E-state index contributed by atoms with van der Waals surface area (Å²) < 4.78 is 5.59. The van der Waals surface area contributed by atoms with Crippen LogP contribution in [0, 0.1) is 5.92 Å². The summed E-state index contributed by atoms with van der Waals surface area (Å²) in [6.07, 6.45) is -1.00. The Labute approximate surface area is 306 Å². The molecule has 284 valence electrons. The zero-order valence-corrected chi connectivity index (χ0v) is 32.6. The number of aliphatic hydroxyl groups excluding tert-OH is 1. The van der Waals surface area contributed by atoms with Gasteiger partial charge in [0.05, 0.1) is 23.7 Å². The molecule has 2 heterocycles. The first-order chi connectivity index (χ1) is 23.6. The number of rotatable bonds is 13. The minimum Gasteiger partial charge on any atom is -0.465 e. The number of ether oxygens (including phenoxy) is 1. The standard InChI is InChI=1S/C37H58N6O7S/c1-23(2)30(43(34(47)48)20-26-19-38-33(51-26)24(3)4)32(46)39-27(18-25-14-12-11-13-15-25)29(44)22-41-16-17-42(35(49)50-37(8,9)10)21-28(41)31(45)40-36(5,6)7/h11-15,19,23-24,27-30,44H,16-18,20-22H2,1-10H3,(H,39,46)(H,40,45)(H,47,48)/t27-,28-,29-,30-/m0/s1. The summed E-state index contributed by atoms with van der Waals surface area (Å²) in [5, 5.41) is 29.0. The van der Waals surface area contributed by atoms with E-state index >= 15 is 0 Å². The van der Waals surface area contributed by atoms with Crippen molar-refractivity contribution in [2.24, 2.45) is 5.92 Å². The zero-order valence-electron chi connectivity index (χ0n) is 31.8. The number of aromatic nitrogens is 1. The number of nitrogens with zero attached hydrogens (tertiary/aromatic N) is 4. The molecule has 1 aromatic carbocycles. The van der Waals surface area contributed by atoms with Crippen molar-refractivity contribution < 1.29 is 34.1 Å². The first-order valence-electron chi connectivity index (χ1n) is 17.7. The van der Waals surface area contributed by atoms with E-state index in [1.165, 1.54) is 16.2 Å². The molecule has 2 aromatic rings. The molecule has 51 heavy (non-hydrogen) atoms. The number of amides is 4. The van der Waals surface area contributed by atoms with E-state index < -0.39 is 53.5 Å². The van der Waals surface area contributed by atoms with E-state index in [0.717, 1.165) is 20.3 Å². The number of benzene rings is 1. The summed E-state index contributed by atoms with van der Waals surface area (Å²) in [5.41, 5.74) is -0.393. The maximum Gasteiger partial charge on any atom is 0.410 e. The molecule has 0 spiro atoms. The number of hydrogen-bond donors (Lipinski definition) is 4. The van der Waals surface area contributed by atoms with E-state index in [1.54, 1.807) is 40.8 Å². The van der Waals surface area contributed by atoms with Crippen molar-refractivity contribution >= 4 is 35.3 Å². The van der Waals surface area contributed by atoms with E-state index in [1.807, 2.05) is 69.9 Å². The van der Waals surface area contributed by atoms with Gasteiger partial charge in [-0.1, -0.05) is 58.0 Å². The van der Waals surface area contributed by atoms with Gasteiger partial charge in [-0.2, -0.15) is 0 Å². The van der Waals surface area contributed by atoms with Gasteiger partial charge >= 0.3 is 12.2 Å². The van der Waals surface area contributed by atoms with Crippen molar-refractivity contribution in [2.75, 3.05) is 26.2 Å². The van der Waals surface area contributed by atoms with Crippen molar-refractivity contribution in [3.05, 3.63) is 52.0 Å². The molecule has 0 aliphatic carbocycles. The predicted octanol–water partition coefficient (Wildman–Crippen LogP) is 4.70. The van der Waals surface area contributed by atoms with E-state index in [0.29, 0.717) is 0 Å². The van der Waals surface area contributed by atoms with Crippen molar-refractivity contribution in [2.45, 2.75) is 123 Å². The lowest BCUT2D eigenvalue weighted by molar-refractivity contribution is -0.132. The predicted molar refractivity (Wildman–Crippen MR) is 198 cm³/mol. The number of β-amino-alcohol motifs (C(OH)–C–C–N with tert-alkyl or cyclic N) is 1. The lowest BCUT2D eigenvalue weighted by Crippen LogP contribution is -2.64. The topological polar surface area (TPSA) is 165 Å². The van der Waals surface area contributed by atoms with Gasteiger partial charge in [-0.15, -0.1) is 11.3 Å². The fraction of sp³-hybridized carbons (Fsp3) is 0.649. The third kappa shape index (κ3) is 12.8. The second kappa shape index (κ2) is 17.6. The molecule has 0 radical (unpaired) electrons. The van der Waals surface area contributed by atoms with Gasteiger partial charge < -0.3 is 30.5 Å². The highest BCUT2D eigenvalue weighted by atomic mass is 32.1. The molecule has 1 aromatic heterocycles. The first kappa shape index (κ1) is 41.7. The molecular formula is C37H58N6O7S. The van der Waals surface area contributed by atoms with Gasteiger partial charge in [-0.3, -0.25) is 19.4 Å². The van der Waals surface area contributed by atoms with Crippen LogP contribution < -0.4 is 10.6 Å². The summed E-state index contributed by atoms with van der Waals surface area (Å²) in [5.74, 6) is -1.03. The van der Waals surface area contributed by atoms with Crippen molar-refractivity contribution in [1.82, 2.24) is 30.3 Å². The Hall–Kier alpha value is -3.75. The van der Waals surface area contributed by atoms with Crippen LogP contribution in [0.5, 0.6) is 0 Å². The Kier molecular flexibility index (Phi) is 14.4. The average molecular weight is 731 g/mol. The fourth-order valence-electron chi connectivity index (χ4n) is 5.94. The third-order valence-corrected chi connectivity index (χ3v) is 9.61. The van der Waals surface area contributed by atoms with Gasteiger partial charge in [0.2, 0.25) is 11.8 Å². The monoisotopic (exact) mass is 730 g/mol. The number of hydrogen-bond acceptors (Lipinski definition) is 9. The number of nitrogens with one attached hydrogen (secondary N) is 2. The quantitative estimate of drug-likeness (QED) is 0.229. The highest BCUT2D eigenvalue weighted by molar-refractivity contribution is 7.11. The molecule has 3 rings (SSSR count). The van der Waals surface area contributed by atoms with E-state index in [9.17, 15) is 29.4 Å². The number of thiazole rings is 1. The smallest absolute Gasteiger partial charge is 0.410 e. The van der Waals surface area contributed by atoms with Crippen molar-refractivity contribution in [3.8, 4) is 0 Å². The minimum atomic E-state index is -1.24. The molecule has 0 saturated carbocycles. The summed E-state index contributed by atoms with van der Waals surface area (Å²) >= 11 is 1.42. The van der Waals surface area contributed by atoms with Gasteiger partial charge in [-0.05, 0) is 59.4 Å². The number of carbonyl (C=O) groups is 4. The highest BCUT2D eigenvalue weighted by Crippen LogP contribution is 2.25. The second-order valence-corrected chi connectivity index (χ2v) is 17.1. The lowest BCUT2D eigenvalue weighted by Gasteiger charge is -2.43. The second-order valence-electron chi connectivity index (χ2n) is 16.0. The maximum absolute atomic E-state index is 14.1. The summed E-state index contributed by atoms with van der Waals surface area (Å²) in [6.45, 7) is 19.2. The molecule has 4 N–H and O–H groups in total. The van der Waals surface area contributed by atoms with Gasteiger partial charge in [0.1, 0.15) is 17.7 Å². The number of carboxylic acid groups (broad SMARTS) is 1. The fourth-order valence-corrected chi connectivity index (χ4v) is 6.86. The molecule has 4 atom stereocenters. The third-order valence-electron chi connectivity index (χ3n) is 8.33. The average Bonchev–Trinajstić information content (AvgIpc) is 3.48. The molecular weight excluding hydrogens is 673 g/mol. The van der Waals surface area contributed by atoms with Gasteiger partial charge in [-0.25, -0.2) is 14.6 Å². The highest BCUT2D eigenvalue weighted by Gasteiger charge is 2.40. The van der Waals surface area contributed by atoms with E-state index in [-0.39, 0.29) is 56.9 Å². The van der Waals surface area contributed by atoms with Crippen LogP contribution in [0.25, 0.3) is 0 Å². The Morgan fingerprint density at radius 2 is 1.69 bits per heavy atom. The molecule has 1 fully saturated rings. The van der Waals surface area contributed by atoms with E-state index in [4.69, 9.17) is 4.74 Å². The molecule has 1 saturated heterocycles. The Bertz CT molecular complexity index is 1470. The normalized spacial score (nSPS) is 17.5. The van der Waals surface area contributed by atoms with Crippen molar-refractivity contribution in [3.63, 3.8) is 0 Å². The Morgan fingerprint density at radius 1 is 1.04 bits per heavy atom. The lowest BCUT2D eigenvalue weighted by atomic mass is 9.97. The molecule has 0 unspecified atom stereocenters.